The Morgan fingerprint density at radius 1 is 0.917 bits per heavy atom. The minimum absolute atomic E-state index is 0.480. The van der Waals surface area contributed by atoms with Gasteiger partial charge in [-0.1, -0.05) is 18.2 Å². The molecule has 0 N–H and O–H groups in total. The number of hydrogen-bond acceptors (Lipinski definition) is 4. The van der Waals surface area contributed by atoms with Gasteiger partial charge in [0.15, 0.2) is 0 Å². The maximum Gasteiger partial charge on any atom is 0.223 e. The third-order valence-corrected chi connectivity index (χ3v) is 4.41. The molecule has 0 unspecified atom stereocenters. The van der Waals surface area contributed by atoms with Crippen LogP contribution < -0.4 is 9.47 Å². The van der Waals surface area contributed by atoms with E-state index in [1.54, 1.807) is 7.11 Å². The highest BCUT2D eigenvalue weighted by atomic mass is 16.5. The highest BCUT2D eigenvalue weighted by Crippen LogP contribution is 2.38. The van der Waals surface area contributed by atoms with Crippen molar-refractivity contribution >= 4 is 21.8 Å². The second kappa shape index (κ2) is 4.93. The first-order valence-corrected chi connectivity index (χ1v) is 7.82. The van der Waals surface area contributed by atoms with Crippen LogP contribution in [0.25, 0.3) is 33.1 Å². The summed E-state index contributed by atoms with van der Waals surface area (Å²) < 4.78 is 11.2. The van der Waals surface area contributed by atoms with Crippen molar-refractivity contribution in [2.75, 3.05) is 7.11 Å². The van der Waals surface area contributed by atoms with Crippen LogP contribution in [0, 0.1) is 0 Å². The zero-order valence-electron chi connectivity index (χ0n) is 13.1. The van der Waals surface area contributed by atoms with E-state index in [2.05, 4.69) is 23.2 Å². The number of aromatic nitrogens is 2. The monoisotopic (exact) mass is 314 g/mol. The van der Waals surface area contributed by atoms with Gasteiger partial charge in [0, 0.05) is 16.3 Å². The molecule has 0 atom stereocenters. The van der Waals surface area contributed by atoms with E-state index in [4.69, 9.17) is 14.5 Å². The van der Waals surface area contributed by atoms with Crippen LogP contribution in [0.5, 0.6) is 11.6 Å². The van der Waals surface area contributed by atoms with E-state index in [1.807, 2.05) is 36.4 Å². The molecule has 0 saturated carbocycles. The molecular weight excluding hydrogens is 300 g/mol. The molecule has 0 bridgehead atoms. The maximum absolute atomic E-state index is 5.88. The fourth-order valence-corrected chi connectivity index (χ4v) is 3.19. The Bertz CT molecular complexity index is 1110. The van der Waals surface area contributed by atoms with Crippen LogP contribution in [0.4, 0.5) is 0 Å². The van der Waals surface area contributed by atoms with Gasteiger partial charge >= 0.3 is 0 Å². The predicted octanol–water partition coefficient (Wildman–Crippen LogP) is 4.35. The number of rotatable bonds is 1. The molecule has 1 aliphatic rings. The molecule has 0 radical (unpaired) electrons. The van der Waals surface area contributed by atoms with E-state index in [0.29, 0.717) is 12.5 Å². The van der Waals surface area contributed by atoms with Crippen molar-refractivity contribution in [3.8, 4) is 22.9 Å². The predicted molar refractivity (Wildman–Crippen MR) is 93.4 cm³/mol. The fraction of sp³-hybridized carbons (Fsp3) is 0.100. The average Bonchev–Trinajstić information content (AvgIpc) is 2.64. The van der Waals surface area contributed by atoms with Crippen LogP contribution in [0.3, 0.4) is 0 Å². The molecular formula is C20H14N2O2. The van der Waals surface area contributed by atoms with E-state index in [1.165, 1.54) is 0 Å². The lowest BCUT2D eigenvalue weighted by Gasteiger charge is -2.20. The molecule has 4 heteroatoms. The van der Waals surface area contributed by atoms with Crippen LogP contribution in [-0.4, -0.2) is 17.1 Å². The molecule has 4 nitrogen and oxygen atoms in total. The largest absolute Gasteiger partial charge is 0.497 e. The number of benzene rings is 2. The van der Waals surface area contributed by atoms with Crippen molar-refractivity contribution in [1.82, 2.24) is 9.97 Å². The molecule has 116 valence electrons. The van der Waals surface area contributed by atoms with E-state index in [9.17, 15) is 0 Å². The number of nitrogens with zero attached hydrogens (tertiary/aromatic N) is 2. The Kier molecular flexibility index (Phi) is 2.73. The van der Waals surface area contributed by atoms with Gasteiger partial charge in [-0.15, -0.1) is 0 Å². The summed E-state index contributed by atoms with van der Waals surface area (Å²) in [7, 11) is 1.67. The second-order valence-corrected chi connectivity index (χ2v) is 5.88. The van der Waals surface area contributed by atoms with Gasteiger partial charge in [-0.05, 0) is 36.4 Å². The molecule has 4 aromatic rings. The first-order valence-electron chi connectivity index (χ1n) is 7.82. The minimum Gasteiger partial charge on any atom is -0.497 e. The lowest BCUT2D eigenvalue weighted by atomic mass is 10.0. The molecule has 1 aliphatic heterocycles. The van der Waals surface area contributed by atoms with E-state index >= 15 is 0 Å². The highest BCUT2D eigenvalue weighted by molar-refractivity contribution is 5.90. The van der Waals surface area contributed by atoms with E-state index in [-0.39, 0.29) is 0 Å². The number of para-hydroxylation sites is 1. The van der Waals surface area contributed by atoms with E-state index in [0.717, 1.165) is 44.4 Å². The summed E-state index contributed by atoms with van der Waals surface area (Å²) in [6, 6.07) is 18.2. The third-order valence-electron chi connectivity index (χ3n) is 4.41. The molecule has 24 heavy (non-hydrogen) atoms. The third kappa shape index (κ3) is 1.93. The molecule has 5 rings (SSSR count). The van der Waals surface area contributed by atoms with Gasteiger partial charge < -0.3 is 9.47 Å². The Morgan fingerprint density at radius 3 is 2.71 bits per heavy atom. The zero-order valence-corrected chi connectivity index (χ0v) is 13.1. The van der Waals surface area contributed by atoms with Gasteiger partial charge in [-0.2, -0.15) is 0 Å². The fourth-order valence-electron chi connectivity index (χ4n) is 3.19. The van der Waals surface area contributed by atoms with Crippen molar-refractivity contribution in [1.29, 1.82) is 0 Å². The van der Waals surface area contributed by atoms with Gasteiger partial charge in [-0.25, -0.2) is 9.97 Å². The number of pyridine rings is 2. The molecule has 0 amide bonds. The van der Waals surface area contributed by atoms with Gasteiger partial charge in [0.05, 0.1) is 29.4 Å². The summed E-state index contributed by atoms with van der Waals surface area (Å²) in [6.07, 6.45) is 0. The first-order chi connectivity index (χ1) is 11.8. The normalized spacial score (nSPS) is 12.5. The van der Waals surface area contributed by atoms with Crippen LogP contribution in [0.1, 0.15) is 5.56 Å². The Balaban J connectivity index is 1.77. The molecule has 2 aromatic carbocycles. The molecule has 3 heterocycles. The van der Waals surface area contributed by atoms with Crippen LogP contribution in [-0.2, 0) is 6.61 Å². The summed E-state index contributed by atoms with van der Waals surface area (Å²) >= 11 is 0. The number of fused-ring (bicyclic) bond motifs is 5. The van der Waals surface area contributed by atoms with Crippen LogP contribution in [0.15, 0.2) is 54.6 Å². The summed E-state index contributed by atoms with van der Waals surface area (Å²) in [5.74, 6) is 1.48. The number of ether oxygens (including phenoxy) is 2. The molecule has 0 saturated heterocycles. The van der Waals surface area contributed by atoms with Gasteiger partial charge in [-0.3, -0.25) is 0 Å². The van der Waals surface area contributed by atoms with Crippen molar-refractivity contribution in [3.05, 3.63) is 60.2 Å². The van der Waals surface area contributed by atoms with Crippen molar-refractivity contribution in [2.24, 2.45) is 0 Å². The number of methoxy groups -OCH3 is 1. The Labute approximate surface area is 138 Å². The van der Waals surface area contributed by atoms with Crippen LogP contribution >= 0.6 is 0 Å². The summed E-state index contributed by atoms with van der Waals surface area (Å²) in [4.78, 5) is 9.50. The standard InChI is InChI=1S/C20H14N2O2/c1-23-15-6-7-18-13(9-15)8-14-11-24-20-16(19(14)21-18)10-12-4-2-3-5-17(12)22-20/h2-10H,11H2,1H3. The summed E-state index contributed by atoms with van der Waals surface area (Å²) in [6.45, 7) is 0.480. The van der Waals surface area contributed by atoms with Crippen molar-refractivity contribution in [2.45, 2.75) is 6.61 Å². The second-order valence-electron chi connectivity index (χ2n) is 5.88. The summed E-state index contributed by atoms with van der Waals surface area (Å²) in [5, 5.41) is 2.14. The lowest BCUT2D eigenvalue weighted by Crippen LogP contribution is -2.09. The maximum atomic E-state index is 5.88. The molecule has 0 aliphatic carbocycles. The smallest absolute Gasteiger partial charge is 0.223 e. The SMILES string of the molecule is COc1ccc2nc3c(cc2c1)COc1nc2ccccc2cc1-3. The van der Waals surface area contributed by atoms with Gasteiger partial charge in [0.1, 0.15) is 12.4 Å². The topological polar surface area (TPSA) is 44.2 Å². The first kappa shape index (κ1) is 13.3. The quantitative estimate of drug-likeness (QED) is 0.524. The molecule has 0 fully saturated rings. The lowest BCUT2D eigenvalue weighted by molar-refractivity contribution is 0.290. The zero-order chi connectivity index (χ0) is 16.1. The summed E-state index contributed by atoms with van der Waals surface area (Å²) in [5.41, 5.74) is 4.85. The van der Waals surface area contributed by atoms with E-state index < -0.39 is 0 Å². The number of hydrogen-bond donors (Lipinski definition) is 0. The van der Waals surface area contributed by atoms with Crippen LogP contribution in [0.2, 0.25) is 0 Å². The van der Waals surface area contributed by atoms with Crippen molar-refractivity contribution in [3.63, 3.8) is 0 Å². The molecule has 2 aromatic heterocycles. The highest BCUT2D eigenvalue weighted by Gasteiger charge is 2.21. The Morgan fingerprint density at radius 2 is 1.79 bits per heavy atom. The molecule has 0 spiro atoms. The van der Waals surface area contributed by atoms with Gasteiger partial charge in [0.25, 0.3) is 0 Å². The average molecular weight is 314 g/mol. The van der Waals surface area contributed by atoms with Crippen molar-refractivity contribution < 1.29 is 9.47 Å². The van der Waals surface area contributed by atoms with Gasteiger partial charge in [0.2, 0.25) is 5.88 Å². The minimum atomic E-state index is 0.480. The Hall–Kier alpha value is -3.14.